The molecule has 0 bridgehead atoms. The van der Waals surface area contributed by atoms with E-state index in [-0.39, 0.29) is 11.6 Å². The summed E-state index contributed by atoms with van der Waals surface area (Å²) in [7, 11) is 1.48. The number of ether oxygens (including phenoxy) is 1. The van der Waals surface area contributed by atoms with Crippen molar-refractivity contribution in [1.29, 1.82) is 0 Å². The van der Waals surface area contributed by atoms with Gasteiger partial charge >= 0.3 is 0 Å². The molecule has 0 aromatic heterocycles. The van der Waals surface area contributed by atoms with Crippen molar-refractivity contribution in [2.24, 2.45) is 4.99 Å². The van der Waals surface area contributed by atoms with Crippen LogP contribution < -0.4 is 9.16 Å². The number of aliphatic imine (C=N–C) groups is 1. The molecule has 8 heteroatoms. The van der Waals surface area contributed by atoms with Crippen LogP contribution in [0.15, 0.2) is 47.5 Å². The lowest BCUT2D eigenvalue weighted by Gasteiger charge is -2.15. The minimum absolute atomic E-state index is 0.0122. The minimum atomic E-state index is -0.465. The van der Waals surface area contributed by atoms with Crippen LogP contribution in [0, 0.1) is 10.1 Å². The van der Waals surface area contributed by atoms with Gasteiger partial charge in [-0.1, -0.05) is 0 Å². The van der Waals surface area contributed by atoms with Crippen LogP contribution in [-0.2, 0) is 4.79 Å². The Morgan fingerprint density at radius 3 is 2.50 bits per heavy atom. The summed E-state index contributed by atoms with van der Waals surface area (Å²) in [5.74, 6) is 0.0842. The fourth-order valence-corrected chi connectivity index (χ4v) is 2.04. The standard InChI is InChI=1S/C16H14ClN3O4/c1-11(21)19(17)15-9-13(5-8-16(15)24-2)18-10-12-3-6-14(7-4-12)20(22)23/h3-10H,1-2H3. The second kappa shape index (κ2) is 7.56. The number of methoxy groups -OCH3 is 1. The van der Waals surface area contributed by atoms with Crippen LogP contribution in [0.1, 0.15) is 12.5 Å². The molecule has 0 aliphatic rings. The van der Waals surface area contributed by atoms with E-state index in [0.29, 0.717) is 22.7 Å². The molecule has 0 fully saturated rings. The van der Waals surface area contributed by atoms with Gasteiger partial charge in [0.25, 0.3) is 5.69 Å². The van der Waals surface area contributed by atoms with Gasteiger partial charge in [0.2, 0.25) is 5.91 Å². The van der Waals surface area contributed by atoms with Crippen LogP contribution in [0.25, 0.3) is 0 Å². The van der Waals surface area contributed by atoms with Gasteiger partial charge in [0.05, 0.1) is 17.7 Å². The van der Waals surface area contributed by atoms with E-state index in [1.807, 2.05) is 0 Å². The molecule has 0 spiro atoms. The Balaban J connectivity index is 2.27. The number of nitro benzene ring substituents is 1. The lowest BCUT2D eigenvalue weighted by molar-refractivity contribution is -0.384. The first-order chi connectivity index (χ1) is 11.4. The fraction of sp³-hybridized carbons (Fsp3) is 0.125. The minimum Gasteiger partial charge on any atom is -0.495 e. The Bertz CT molecular complexity index is 790. The molecular weight excluding hydrogens is 334 g/mol. The van der Waals surface area contributed by atoms with Gasteiger partial charge in [0, 0.05) is 37.0 Å². The highest BCUT2D eigenvalue weighted by Crippen LogP contribution is 2.33. The van der Waals surface area contributed by atoms with Crippen molar-refractivity contribution in [3.05, 3.63) is 58.1 Å². The highest BCUT2D eigenvalue weighted by molar-refractivity contribution is 6.36. The van der Waals surface area contributed by atoms with E-state index in [4.69, 9.17) is 16.5 Å². The summed E-state index contributed by atoms with van der Waals surface area (Å²) in [5, 5.41) is 10.6. The summed E-state index contributed by atoms with van der Waals surface area (Å²) >= 11 is 5.95. The molecule has 2 aromatic carbocycles. The summed E-state index contributed by atoms with van der Waals surface area (Å²) in [6, 6.07) is 10.9. The summed E-state index contributed by atoms with van der Waals surface area (Å²) < 4.78 is 6.12. The van der Waals surface area contributed by atoms with Crippen molar-refractivity contribution >= 4 is 41.0 Å². The number of nitrogens with zero attached hydrogens (tertiary/aromatic N) is 3. The zero-order valence-corrected chi connectivity index (χ0v) is 13.7. The molecule has 0 N–H and O–H groups in total. The van der Waals surface area contributed by atoms with Crippen LogP contribution in [0.5, 0.6) is 5.75 Å². The van der Waals surface area contributed by atoms with Gasteiger partial charge in [-0.05, 0) is 35.9 Å². The maximum atomic E-state index is 11.4. The average Bonchev–Trinajstić information content (AvgIpc) is 2.59. The van der Waals surface area contributed by atoms with Gasteiger partial charge in [0.15, 0.2) is 0 Å². The van der Waals surface area contributed by atoms with Crippen molar-refractivity contribution in [3.8, 4) is 5.75 Å². The second-order valence-electron chi connectivity index (χ2n) is 4.76. The molecule has 1 amide bonds. The van der Waals surface area contributed by atoms with Crippen molar-refractivity contribution in [3.63, 3.8) is 0 Å². The molecule has 0 aliphatic carbocycles. The van der Waals surface area contributed by atoms with E-state index in [1.54, 1.807) is 36.5 Å². The first-order valence-electron chi connectivity index (χ1n) is 6.85. The smallest absolute Gasteiger partial charge is 0.269 e. The molecule has 2 aromatic rings. The molecule has 0 heterocycles. The molecule has 24 heavy (non-hydrogen) atoms. The van der Waals surface area contributed by atoms with Crippen molar-refractivity contribution in [2.45, 2.75) is 6.92 Å². The Labute approximate surface area is 143 Å². The van der Waals surface area contributed by atoms with Crippen LogP contribution in [-0.4, -0.2) is 24.2 Å². The van der Waals surface area contributed by atoms with Crippen LogP contribution in [0.4, 0.5) is 17.1 Å². The van der Waals surface area contributed by atoms with Crippen molar-refractivity contribution < 1.29 is 14.5 Å². The molecule has 0 saturated carbocycles. The molecular formula is C16H14ClN3O4. The Hall–Kier alpha value is -2.93. The molecule has 0 radical (unpaired) electrons. The molecule has 0 unspecified atom stereocenters. The highest BCUT2D eigenvalue weighted by atomic mass is 35.5. The van der Waals surface area contributed by atoms with Gasteiger partial charge in [-0.3, -0.25) is 19.9 Å². The van der Waals surface area contributed by atoms with Gasteiger partial charge in [-0.25, -0.2) is 4.42 Å². The molecule has 124 valence electrons. The van der Waals surface area contributed by atoms with E-state index >= 15 is 0 Å². The van der Waals surface area contributed by atoms with Crippen molar-refractivity contribution in [2.75, 3.05) is 11.5 Å². The van der Waals surface area contributed by atoms with Crippen molar-refractivity contribution in [1.82, 2.24) is 0 Å². The summed E-state index contributed by atoms with van der Waals surface area (Å²) in [6.07, 6.45) is 1.56. The number of hydrogen-bond acceptors (Lipinski definition) is 5. The average molecular weight is 348 g/mol. The number of anilines is 1. The number of carbonyl (C=O) groups is 1. The third kappa shape index (κ3) is 4.08. The van der Waals surface area contributed by atoms with Crippen LogP contribution in [0.2, 0.25) is 0 Å². The monoisotopic (exact) mass is 347 g/mol. The summed E-state index contributed by atoms with van der Waals surface area (Å²) in [5.41, 5.74) is 1.64. The van der Waals surface area contributed by atoms with Gasteiger partial charge in [-0.15, -0.1) is 0 Å². The molecule has 7 nitrogen and oxygen atoms in total. The number of benzene rings is 2. The Kier molecular flexibility index (Phi) is 5.49. The summed E-state index contributed by atoms with van der Waals surface area (Å²) in [4.78, 5) is 25.9. The topological polar surface area (TPSA) is 85.0 Å². The Morgan fingerprint density at radius 2 is 1.96 bits per heavy atom. The first-order valence-corrected chi connectivity index (χ1v) is 7.19. The largest absolute Gasteiger partial charge is 0.495 e. The number of amides is 1. The quantitative estimate of drug-likeness (QED) is 0.356. The van der Waals surface area contributed by atoms with E-state index in [2.05, 4.69) is 4.99 Å². The number of non-ortho nitro benzene ring substituents is 1. The predicted molar refractivity (Wildman–Crippen MR) is 92.4 cm³/mol. The van der Waals surface area contributed by atoms with Crippen LogP contribution >= 0.6 is 11.8 Å². The maximum absolute atomic E-state index is 11.4. The van der Waals surface area contributed by atoms with E-state index in [9.17, 15) is 14.9 Å². The van der Waals surface area contributed by atoms with Gasteiger partial charge in [0.1, 0.15) is 11.4 Å². The molecule has 2 rings (SSSR count). The summed E-state index contributed by atoms with van der Waals surface area (Å²) in [6.45, 7) is 1.33. The molecule has 0 saturated heterocycles. The lowest BCUT2D eigenvalue weighted by Crippen LogP contribution is -2.17. The fourth-order valence-electron chi connectivity index (χ4n) is 1.91. The van der Waals surface area contributed by atoms with Gasteiger partial charge in [-0.2, -0.15) is 0 Å². The lowest BCUT2D eigenvalue weighted by atomic mass is 10.2. The molecule has 0 aliphatic heterocycles. The first kappa shape index (κ1) is 17.4. The van der Waals surface area contributed by atoms with E-state index in [0.717, 1.165) is 4.42 Å². The number of nitro groups is 1. The zero-order chi connectivity index (χ0) is 17.7. The SMILES string of the molecule is COc1ccc(N=Cc2ccc([N+](=O)[O-])cc2)cc1N(Cl)C(C)=O. The van der Waals surface area contributed by atoms with Gasteiger partial charge < -0.3 is 4.74 Å². The number of rotatable bonds is 5. The normalized spacial score (nSPS) is 10.6. The number of hydrogen-bond donors (Lipinski definition) is 0. The third-order valence-corrected chi connectivity index (χ3v) is 3.54. The van der Waals surface area contributed by atoms with E-state index < -0.39 is 4.92 Å². The highest BCUT2D eigenvalue weighted by Gasteiger charge is 2.14. The zero-order valence-electron chi connectivity index (χ0n) is 13.0. The maximum Gasteiger partial charge on any atom is 0.269 e. The Morgan fingerprint density at radius 1 is 1.29 bits per heavy atom. The number of carbonyl (C=O) groups excluding carboxylic acids is 1. The van der Waals surface area contributed by atoms with E-state index in [1.165, 1.54) is 26.2 Å². The predicted octanol–water partition coefficient (Wildman–Crippen LogP) is 3.86. The van der Waals surface area contributed by atoms with Crippen LogP contribution in [0.3, 0.4) is 0 Å². The number of halogens is 1. The second-order valence-corrected chi connectivity index (χ2v) is 5.10. The molecule has 0 atom stereocenters. The third-order valence-electron chi connectivity index (χ3n) is 3.12.